The minimum absolute atomic E-state index is 0.0683. The number of urea groups is 1. The molecule has 2 heterocycles. The predicted octanol–water partition coefficient (Wildman–Crippen LogP) is 0.396. The summed E-state index contributed by atoms with van der Waals surface area (Å²) in [5.74, 6) is 0. The second-order valence-electron chi connectivity index (χ2n) is 4.14. The Bertz CT molecular complexity index is 313. The normalized spacial score (nSPS) is 24.9. The molecule has 0 bridgehead atoms. The number of azide groups is 1. The maximum Gasteiger partial charge on any atom is 0.317 e. The molecule has 0 spiro atoms. The smallest absolute Gasteiger partial charge is 0.317 e. The summed E-state index contributed by atoms with van der Waals surface area (Å²) in [4.78, 5) is 18.3. The summed E-state index contributed by atoms with van der Waals surface area (Å²) in [6, 6.07) is 0.388. The molecule has 88 valence electrons. The standard InChI is InChI=1S/C9H16N6O/c10-13-12-2-1-3-14-4-5-15-8(7-14)6-11-9(15)16/h8H,1-7H2,(H,11,16). The third kappa shape index (κ3) is 2.37. The number of hydrogen-bond donors (Lipinski definition) is 1. The Morgan fingerprint density at radius 1 is 1.56 bits per heavy atom. The van der Waals surface area contributed by atoms with Gasteiger partial charge >= 0.3 is 6.03 Å². The molecular formula is C9H16N6O. The van der Waals surface area contributed by atoms with E-state index in [1.165, 1.54) is 0 Å². The summed E-state index contributed by atoms with van der Waals surface area (Å²) in [7, 11) is 0. The highest BCUT2D eigenvalue weighted by Crippen LogP contribution is 2.14. The Morgan fingerprint density at radius 2 is 2.44 bits per heavy atom. The monoisotopic (exact) mass is 224 g/mol. The Kier molecular flexibility index (Phi) is 3.48. The quantitative estimate of drug-likeness (QED) is 0.324. The molecule has 7 heteroatoms. The van der Waals surface area contributed by atoms with E-state index in [2.05, 4.69) is 20.2 Å². The van der Waals surface area contributed by atoms with Crippen molar-refractivity contribution in [3.8, 4) is 0 Å². The topological polar surface area (TPSA) is 84.3 Å². The van der Waals surface area contributed by atoms with Crippen LogP contribution < -0.4 is 5.32 Å². The largest absolute Gasteiger partial charge is 0.336 e. The Balaban J connectivity index is 1.74. The molecule has 0 aromatic rings. The van der Waals surface area contributed by atoms with Crippen LogP contribution in [0.1, 0.15) is 6.42 Å². The molecule has 2 fully saturated rings. The van der Waals surface area contributed by atoms with Gasteiger partial charge in [0.25, 0.3) is 0 Å². The van der Waals surface area contributed by atoms with E-state index in [0.717, 1.165) is 39.1 Å². The van der Waals surface area contributed by atoms with Crippen molar-refractivity contribution in [2.75, 3.05) is 39.3 Å². The number of carbonyl (C=O) groups is 1. The van der Waals surface area contributed by atoms with Crippen LogP contribution in [0.2, 0.25) is 0 Å². The van der Waals surface area contributed by atoms with Crippen LogP contribution in [-0.2, 0) is 0 Å². The van der Waals surface area contributed by atoms with Crippen molar-refractivity contribution in [1.29, 1.82) is 0 Å². The fourth-order valence-electron chi connectivity index (χ4n) is 2.28. The van der Waals surface area contributed by atoms with Crippen LogP contribution in [0, 0.1) is 0 Å². The molecule has 0 aromatic heterocycles. The first kappa shape index (κ1) is 11.0. The first-order valence-corrected chi connectivity index (χ1v) is 5.59. The third-order valence-electron chi connectivity index (χ3n) is 3.11. The molecule has 16 heavy (non-hydrogen) atoms. The molecule has 2 aliphatic rings. The summed E-state index contributed by atoms with van der Waals surface area (Å²) < 4.78 is 0. The van der Waals surface area contributed by atoms with E-state index in [0.29, 0.717) is 12.6 Å². The zero-order valence-corrected chi connectivity index (χ0v) is 9.17. The molecule has 2 saturated heterocycles. The first-order valence-electron chi connectivity index (χ1n) is 5.59. The van der Waals surface area contributed by atoms with Crippen LogP contribution in [0.4, 0.5) is 4.79 Å². The van der Waals surface area contributed by atoms with Crippen LogP contribution in [0.5, 0.6) is 0 Å². The van der Waals surface area contributed by atoms with Crippen molar-refractivity contribution in [1.82, 2.24) is 15.1 Å². The second kappa shape index (κ2) is 5.05. The predicted molar refractivity (Wildman–Crippen MR) is 59.0 cm³/mol. The zero-order valence-electron chi connectivity index (χ0n) is 9.17. The van der Waals surface area contributed by atoms with Gasteiger partial charge in [-0.25, -0.2) is 4.79 Å². The van der Waals surface area contributed by atoms with Gasteiger partial charge in [-0.05, 0) is 18.5 Å². The summed E-state index contributed by atoms with van der Waals surface area (Å²) in [5.41, 5.74) is 8.15. The van der Waals surface area contributed by atoms with Gasteiger partial charge in [-0.3, -0.25) is 4.90 Å². The lowest BCUT2D eigenvalue weighted by Gasteiger charge is -2.36. The van der Waals surface area contributed by atoms with Gasteiger partial charge in [0.15, 0.2) is 0 Å². The molecule has 0 aliphatic carbocycles. The number of piperazine rings is 1. The van der Waals surface area contributed by atoms with Crippen LogP contribution in [0.15, 0.2) is 5.11 Å². The maximum atomic E-state index is 11.4. The average Bonchev–Trinajstić information content (AvgIpc) is 2.66. The molecule has 0 radical (unpaired) electrons. The summed E-state index contributed by atoms with van der Waals surface area (Å²) in [6.07, 6.45) is 0.887. The lowest BCUT2D eigenvalue weighted by atomic mass is 10.2. The molecular weight excluding hydrogens is 208 g/mol. The molecule has 7 nitrogen and oxygen atoms in total. The van der Waals surface area contributed by atoms with E-state index >= 15 is 0 Å². The number of nitrogens with zero attached hydrogens (tertiary/aromatic N) is 5. The minimum atomic E-state index is 0.0683. The Labute approximate surface area is 94.0 Å². The van der Waals surface area contributed by atoms with Gasteiger partial charge in [-0.15, -0.1) is 0 Å². The van der Waals surface area contributed by atoms with Gasteiger partial charge in [0, 0.05) is 37.6 Å². The average molecular weight is 224 g/mol. The Morgan fingerprint density at radius 3 is 3.25 bits per heavy atom. The molecule has 2 aliphatic heterocycles. The van der Waals surface area contributed by atoms with E-state index in [4.69, 9.17) is 5.53 Å². The van der Waals surface area contributed by atoms with Gasteiger partial charge in [0.05, 0.1) is 6.04 Å². The molecule has 1 N–H and O–H groups in total. The van der Waals surface area contributed by atoms with Gasteiger partial charge in [-0.1, -0.05) is 5.11 Å². The van der Waals surface area contributed by atoms with Crippen molar-refractivity contribution < 1.29 is 4.79 Å². The Hall–Kier alpha value is -1.46. The minimum Gasteiger partial charge on any atom is -0.336 e. The van der Waals surface area contributed by atoms with Crippen molar-refractivity contribution >= 4 is 6.03 Å². The molecule has 0 saturated carbocycles. The van der Waals surface area contributed by atoms with Crippen LogP contribution in [0.3, 0.4) is 0 Å². The lowest BCUT2D eigenvalue weighted by molar-refractivity contribution is 0.121. The number of rotatable bonds is 4. The molecule has 2 rings (SSSR count). The van der Waals surface area contributed by atoms with Gasteiger partial charge < -0.3 is 10.2 Å². The summed E-state index contributed by atoms with van der Waals surface area (Å²) >= 11 is 0. The fraction of sp³-hybridized carbons (Fsp3) is 0.889. The number of amides is 2. The second-order valence-corrected chi connectivity index (χ2v) is 4.14. The first-order chi connectivity index (χ1) is 7.81. The van der Waals surface area contributed by atoms with Crippen LogP contribution in [-0.4, -0.2) is 61.1 Å². The van der Waals surface area contributed by atoms with Gasteiger partial charge in [0.1, 0.15) is 0 Å². The fourth-order valence-corrected chi connectivity index (χ4v) is 2.28. The third-order valence-corrected chi connectivity index (χ3v) is 3.11. The molecule has 0 aromatic carbocycles. The number of carbonyl (C=O) groups excluding carboxylic acids is 1. The molecule has 2 amide bonds. The van der Waals surface area contributed by atoms with E-state index < -0.39 is 0 Å². The highest BCUT2D eigenvalue weighted by atomic mass is 16.2. The summed E-state index contributed by atoms with van der Waals surface area (Å²) in [5, 5.41) is 6.36. The SMILES string of the molecule is [N-]=[N+]=NCCCN1CCN2C(=O)NCC2C1. The van der Waals surface area contributed by atoms with Crippen molar-refractivity contribution in [3.63, 3.8) is 0 Å². The number of hydrogen-bond acceptors (Lipinski definition) is 3. The number of fused-ring (bicyclic) bond motifs is 1. The van der Waals surface area contributed by atoms with E-state index in [9.17, 15) is 4.79 Å². The maximum absolute atomic E-state index is 11.4. The van der Waals surface area contributed by atoms with Gasteiger partial charge in [0.2, 0.25) is 0 Å². The molecule has 1 unspecified atom stereocenters. The van der Waals surface area contributed by atoms with Gasteiger partial charge in [-0.2, -0.15) is 0 Å². The highest BCUT2D eigenvalue weighted by molar-refractivity contribution is 5.77. The lowest BCUT2D eigenvalue weighted by Crippen LogP contribution is -2.52. The highest BCUT2D eigenvalue weighted by Gasteiger charge is 2.34. The van der Waals surface area contributed by atoms with E-state index in [-0.39, 0.29) is 6.03 Å². The van der Waals surface area contributed by atoms with Crippen LogP contribution >= 0.6 is 0 Å². The number of nitrogens with one attached hydrogen (secondary N) is 1. The van der Waals surface area contributed by atoms with Crippen molar-refractivity contribution in [2.24, 2.45) is 5.11 Å². The van der Waals surface area contributed by atoms with Crippen molar-refractivity contribution in [2.45, 2.75) is 12.5 Å². The van der Waals surface area contributed by atoms with E-state index in [1.807, 2.05) is 4.90 Å². The van der Waals surface area contributed by atoms with Crippen molar-refractivity contribution in [3.05, 3.63) is 10.4 Å². The summed E-state index contributed by atoms with van der Waals surface area (Å²) in [6.45, 7) is 4.90. The van der Waals surface area contributed by atoms with E-state index in [1.54, 1.807) is 0 Å². The van der Waals surface area contributed by atoms with Crippen LogP contribution in [0.25, 0.3) is 10.4 Å². The molecule has 1 atom stereocenters. The zero-order chi connectivity index (χ0) is 11.4.